The van der Waals surface area contributed by atoms with Gasteiger partial charge in [-0.3, -0.25) is 4.79 Å². The number of ketones is 1. The number of hydrogen-bond acceptors (Lipinski definition) is 2. The van der Waals surface area contributed by atoms with Crippen LogP contribution in [0.15, 0.2) is 59.1 Å². The summed E-state index contributed by atoms with van der Waals surface area (Å²) >= 11 is 3.45. The highest BCUT2D eigenvalue weighted by Crippen LogP contribution is 2.23. The fourth-order valence-electron chi connectivity index (χ4n) is 2.17. The van der Waals surface area contributed by atoms with Gasteiger partial charge >= 0.3 is 0 Å². The van der Waals surface area contributed by atoms with E-state index >= 15 is 0 Å². The molecule has 0 saturated carbocycles. The third-order valence-corrected chi connectivity index (χ3v) is 3.78. The van der Waals surface area contributed by atoms with E-state index < -0.39 is 0 Å². The Morgan fingerprint density at radius 1 is 1.05 bits per heavy atom. The number of fused-ring (bicyclic) bond motifs is 1. The van der Waals surface area contributed by atoms with Gasteiger partial charge in [-0.15, -0.1) is 0 Å². The second-order valence-corrected chi connectivity index (χ2v) is 5.56. The Morgan fingerprint density at radius 3 is 2.65 bits per heavy atom. The maximum atomic E-state index is 12.6. The van der Waals surface area contributed by atoms with E-state index in [2.05, 4.69) is 20.9 Å². The molecule has 3 heteroatoms. The molecule has 1 aromatic heterocycles. The molecule has 0 unspecified atom stereocenters. The molecule has 20 heavy (non-hydrogen) atoms. The Balaban J connectivity index is 2.14. The first-order valence-corrected chi connectivity index (χ1v) is 7.11. The number of benzene rings is 2. The van der Waals surface area contributed by atoms with Crippen molar-refractivity contribution in [2.45, 2.75) is 6.92 Å². The monoisotopic (exact) mass is 325 g/mol. The van der Waals surface area contributed by atoms with E-state index in [1.54, 1.807) is 0 Å². The fraction of sp³-hybridized carbons (Fsp3) is 0.0588. The minimum Gasteiger partial charge on any atom is -0.287 e. The zero-order chi connectivity index (χ0) is 14.1. The largest absolute Gasteiger partial charge is 0.287 e. The standard InChI is InChI=1S/C17H12BrNO/c1-11-5-4-7-13(9-11)17(20)16-14(18)10-12-6-2-3-8-15(12)19-16/h2-10H,1H3. The first-order valence-electron chi connectivity index (χ1n) is 6.32. The highest BCUT2D eigenvalue weighted by atomic mass is 79.9. The highest BCUT2D eigenvalue weighted by Gasteiger charge is 2.15. The van der Waals surface area contributed by atoms with Crippen molar-refractivity contribution in [2.75, 3.05) is 0 Å². The number of aromatic nitrogens is 1. The molecule has 3 rings (SSSR count). The molecule has 1 heterocycles. The molecule has 0 aliphatic carbocycles. The van der Waals surface area contributed by atoms with E-state index in [-0.39, 0.29) is 5.78 Å². The van der Waals surface area contributed by atoms with E-state index in [9.17, 15) is 4.79 Å². The van der Waals surface area contributed by atoms with Gasteiger partial charge in [0, 0.05) is 15.4 Å². The minimum atomic E-state index is -0.0636. The summed E-state index contributed by atoms with van der Waals surface area (Å²) in [5.41, 5.74) is 3.00. The molecule has 0 aliphatic rings. The zero-order valence-electron chi connectivity index (χ0n) is 10.9. The average molecular weight is 326 g/mol. The van der Waals surface area contributed by atoms with Crippen LogP contribution in [-0.4, -0.2) is 10.8 Å². The third kappa shape index (κ3) is 2.37. The summed E-state index contributed by atoms with van der Waals surface area (Å²) in [4.78, 5) is 17.1. The third-order valence-electron chi connectivity index (χ3n) is 3.17. The molecule has 0 aliphatic heterocycles. The van der Waals surface area contributed by atoms with E-state index in [0.717, 1.165) is 20.9 Å². The van der Waals surface area contributed by atoms with Crippen molar-refractivity contribution in [1.29, 1.82) is 0 Å². The average Bonchev–Trinajstić information content (AvgIpc) is 2.46. The van der Waals surface area contributed by atoms with Crippen molar-refractivity contribution in [3.05, 3.63) is 75.9 Å². The van der Waals surface area contributed by atoms with Gasteiger partial charge in [-0.2, -0.15) is 0 Å². The molecular formula is C17H12BrNO. The van der Waals surface area contributed by atoms with Crippen LogP contribution in [0.1, 0.15) is 21.6 Å². The van der Waals surface area contributed by atoms with Gasteiger partial charge in [-0.25, -0.2) is 4.98 Å². The van der Waals surface area contributed by atoms with Crippen LogP contribution < -0.4 is 0 Å². The number of halogens is 1. The summed E-state index contributed by atoms with van der Waals surface area (Å²) in [6.07, 6.45) is 0. The van der Waals surface area contributed by atoms with Crippen LogP contribution in [0.5, 0.6) is 0 Å². The van der Waals surface area contributed by atoms with Crippen molar-refractivity contribution in [1.82, 2.24) is 4.98 Å². The number of carbonyl (C=O) groups excluding carboxylic acids is 1. The Bertz CT molecular complexity index is 811. The van der Waals surface area contributed by atoms with Gasteiger partial charge in [0.1, 0.15) is 5.69 Å². The Morgan fingerprint density at radius 2 is 1.85 bits per heavy atom. The van der Waals surface area contributed by atoms with Gasteiger partial charge in [0.15, 0.2) is 0 Å². The lowest BCUT2D eigenvalue weighted by atomic mass is 10.0. The topological polar surface area (TPSA) is 30.0 Å². The van der Waals surface area contributed by atoms with Crippen LogP contribution in [0.2, 0.25) is 0 Å². The van der Waals surface area contributed by atoms with Crippen molar-refractivity contribution >= 4 is 32.6 Å². The summed E-state index contributed by atoms with van der Waals surface area (Å²) in [6.45, 7) is 1.97. The molecule has 0 bridgehead atoms. The van der Waals surface area contributed by atoms with Crippen molar-refractivity contribution < 1.29 is 4.79 Å². The Kier molecular flexibility index (Phi) is 3.36. The van der Waals surface area contributed by atoms with Gasteiger partial charge in [0.2, 0.25) is 5.78 Å². The second-order valence-electron chi connectivity index (χ2n) is 4.71. The van der Waals surface area contributed by atoms with Gasteiger partial charge in [-0.05, 0) is 41.1 Å². The second kappa shape index (κ2) is 5.17. The molecule has 98 valence electrons. The van der Waals surface area contributed by atoms with Crippen LogP contribution in [0.3, 0.4) is 0 Å². The SMILES string of the molecule is Cc1cccc(C(=O)c2nc3ccccc3cc2Br)c1. The van der Waals surface area contributed by atoms with Crippen LogP contribution in [0, 0.1) is 6.92 Å². The molecule has 3 aromatic rings. The maximum absolute atomic E-state index is 12.6. The Labute approximate surface area is 125 Å². The lowest BCUT2D eigenvalue weighted by molar-refractivity contribution is 0.103. The van der Waals surface area contributed by atoms with Gasteiger partial charge in [0.25, 0.3) is 0 Å². The summed E-state index contributed by atoms with van der Waals surface area (Å²) in [7, 11) is 0. The molecule has 0 atom stereocenters. The molecule has 0 spiro atoms. The van der Waals surface area contributed by atoms with Crippen molar-refractivity contribution in [3.63, 3.8) is 0 Å². The molecule has 2 nitrogen and oxygen atoms in total. The number of aryl methyl sites for hydroxylation is 1. The number of para-hydroxylation sites is 1. The fourth-order valence-corrected chi connectivity index (χ4v) is 2.69. The van der Waals surface area contributed by atoms with E-state index in [1.807, 2.05) is 61.5 Å². The normalized spacial score (nSPS) is 10.7. The number of nitrogens with zero attached hydrogens (tertiary/aromatic N) is 1. The molecule has 0 fully saturated rings. The summed E-state index contributed by atoms with van der Waals surface area (Å²) < 4.78 is 0.725. The quantitative estimate of drug-likeness (QED) is 0.647. The van der Waals surface area contributed by atoms with Gasteiger partial charge < -0.3 is 0 Å². The summed E-state index contributed by atoms with van der Waals surface area (Å²) in [5.74, 6) is -0.0636. The van der Waals surface area contributed by atoms with Gasteiger partial charge in [-0.1, -0.05) is 42.0 Å². The minimum absolute atomic E-state index is 0.0636. The lowest BCUT2D eigenvalue weighted by Crippen LogP contribution is -2.05. The first-order chi connectivity index (χ1) is 9.65. The van der Waals surface area contributed by atoms with Gasteiger partial charge in [0.05, 0.1) is 5.52 Å². The number of pyridine rings is 1. The molecule has 0 saturated heterocycles. The Hall–Kier alpha value is -2.00. The van der Waals surface area contributed by atoms with Crippen molar-refractivity contribution in [2.24, 2.45) is 0 Å². The van der Waals surface area contributed by atoms with E-state index in [0.29, 0.717) is 11.3 Å². The van der Waals surface area contributed by atoms with E-state index in [1.165, 1.54) is 0 Å². The van der Waals surface area contributed by atoms with Crippen LogP contribution >= 0.6 is 15.9 Å². The van der Waals surface area contributed by atoms with Crippen LogP contribution in [0.25, 0.3) is 10.9 Å². The molecular weight excluding hydrogens is 314 g/mol. The first kappa shape index (κ1) is 13.0. The molecule has 0 N–H and O–H groups in total. The lowest BCUT2D eigenvalue weighted by Gasteiger charge is -2.06. The smallest absolute Gasteiger partial charge is 0.212 e. The number of hydrogen-bond donors (Lipinski definition) is 0. The highest BCUT2D eigenvalue weighted by molar-refractivity contribution is 9.10. The van der Waals surface area contributed by atoms with E-state index in [4.69, 9.17) is 0 Å². The van der Waals surface area contributed by atoms with Crippen LogP contribution in [-0.2, 0) is 0 Å². The molecule has 0 amide bonds. The molecule has 2 aromatic carbocycles. The predicted octanol–water partition coefficient (Wildman–Crippen LogP) is 4.54. The summed E-state index contributed by atoms with van der Waals surface area (Å²) in [5, 5.41) is 1.01. The number of carbonyl (C=O) groups is 1. The molecule has 0 radical (unpaired) electrons. The van der Waals surface area contributed by atoms with Crippen LogP contribution in [0.4, 0.5) is 0 Å². The zero-order valence-corrected chi connectivity index (χ0v) is 12.5. The maximum Gasteiger partial charge on any atom is 0.212 e. The number of rotatable bonds is 2. The summed E-state index contributed by atoms with van der Waals surface area (Å²) in [6, 6.07) is 17.3. The predicted molar refractivity (Wildman–Crippen MR) is 84.1 cm³/mol. The van der Waals surface area contributed by atoms with Crippen molar-refractivity contribution in [3.8, 4) is 0 Å².